The van der Waals surface area contributed by atoms with Crippen LogP contribution < -0.4 is 5.32 Å². The molecular weight excluding hydrogens is 218 g/mol. The number of aromatic nitrogens is 1. The number of nitrogens with one attached hydrogen (secondary N) is 1. The largest absolute Gasteiger partial charge is 0.310 e. The molecule has 0 bridgehead atoms. The van der Waals surface area contributed by atoms with E-state index in [4.69, 9.17) is 0 Å². The fourth-order valence-corrected chi connectivity index (χ4v) is 3.05. The molecule has 1 N–H and O–H groups in total. The molecule has 0 amide bonds. The SMILES string of the molecule is Cc1csc(CNCC2CCCN(C)C2)n1. The Morgan fingerprint density at radius 2 is 2.50 bits per heavy atom. The summed E-state index contributed by atoms with van der Waals surface area (Å²) < 4.78 is 0. The van der Waals surface area contributed by atoms with E-state index in [1.54, 1.807) is 11.3 Å². The quantitative estimate of drug-likeness (QED) is 0.869. The molecule has 0 aromatic carbocycles. The number of hydrogen-bond acceptors (Lipinski definition) is 4. The lowest BCUT2D eigenvalue weighted by atomic mass is 9.98. The highest BCUT2D eigenvalue weighted by Crippen LogP contribution is 2.14. The van der Waals surface area contributed by atoms with E-state index in [0.29, 0.717) is 0 Å². The van der Waals surface area contributed by atoms with Crippen molar-refractivity contribution in [2.24, 2.45) is 5.92 Å². The van der Waals surface area contributed by atoms with E-state index < -0.39 is 0 Å². The number of likely N-dealkylation sites (tertiary alicyclic amines) is 1. The van der Waals surface area contributed by atoms with Gasteiger partial charge in [0.1, 0.15) is 5.01 Å². The summed E-state index contributed by atoms with van der Waals surface area (Å²) in [5.41, 5.74) is 1.14. The van der Waals surface area contributed by atoms with E-state index >= 15 is 0 Å². The summed E-state index contributed by atoms with van der Waals surface area (Å²) in [4.78, 5) is 6.89. The monoisotopic (exact) mass is 239 g/mol. The smallest absolute Gasteiger partial charge is 0.107 e. The molecule has 4 heteroatoms. The third-order valence-corrected chi connectivity index (χ3v) is 4.06. The Bertz CT molecular complexity index is 324. The van der Waals surface area contributed by atoms with E-state index in [1.807, 2.05) is 0 Å². The molecular formula is C12H21N3S. The number of nitrogens with zero attached hydrogens (tertiary/aromatic N) is 2. The molecule has 1 unspecified atom stereocenters. The topological polar surface area (TPSA) is 28.2 Å². The summed E-state index contributed by atoms with van der Waals surface area (Å²) in [6.45, 7) is 6.61. The van der Waals surface area contributed by atoms with Crippen LogP contribution in [0.15, 0.2) is 5.38 Å². The van der Waals surface area contributed by atoms with Gasteiger partial charge in [0, 0.05) is 24.2 Å². The molecule has 0 radical (unpaired) electrons. The molecule has 0 saturated carbocycles. The maximum atomic E-state index is 4.45. The molecule has 1 saturated heterocycles. The highest BCUT2D eigenvalue weighted by atomic mass is 32.1. The van der Waals surface area contributed by atoms with Crippen LogP contribution in [-0.4, -0.2) is 36.6 Å². The average molecular weight is 239 g/mol. The van der Waals surface area contributed by atoms with Gasteiger partial charge in [0.25, 0.3) is 0 Å². The Labute approximate surface area is 102 Å². The zero-order valence-electron chi connectivity index (χ0n) is 10.2. The number of piperidine rings is 1. The van der Waals surface area contributed by atoms with E-state index in [9.17, 15) is 0 Å². The van der Waals surface area contributed by atoms with E-state index in [0.717, 1.165) is 24.7 Å². The van der Waals surface area contributed by atoms with Crippen molar-refractivity contribution in [3.8, 4) is 0 Å². The number of hydrogen-bond donors (Lipinski definition) is 1. The van der Waals surface area contributed by atoms with Gasteiger partial charge in [0.2, 0.25) is 0 Å². The maximum Gasteiger partial charge on any atom is 0.107 e. The van der Waals surface area contributed by atoms with Crippen LogP contribution in [0, 0.1) is 12.8 Å². The summed E-state index contributed by atoms with van der Waals surface area (Å²) in [6.07, 6.45) is 2.72. The molecule has 16 heavy (non-hydrogen) atoms. The van der Waals surface area contributed by atoms with E-state index in [-0.39, 0.29) is 0 Å². The van der Waals surface area contributed by atoms with Crippen LogP contribution in [-0.2, 0) is 6.54 Å². The van der Waals surface area contributed by atoms with Crippen molar-refractivity contribution in [2.45, 2.75) is 26.3 Å². The molecule has 1 aliphatic rings. The van der Waals surface area contributed by atoms with Crippen LogP contribution in [0.25, 0.3) is 0 Å². The molecule has 1 aromatic rings. The molecule has 1 aromatic heterocycles. The van der Waals surface area contributed by atoms with Gasteiger partial charge in [0.15, 0.2) is 0 Å². The van der Waals surface area contributed by atoms with Crippen molar-refractivity contribution in [1.82, 2.24) is 15.2 Å². The van der Waals surface area contributed by atoms with Crippen LogP contribution >= 0.6 is 11.3 Å². The van der Waals surface area contributed by atoms with Gasteiger partial charge < -0.3 is 10.2 Å². The number of thiazole rings is 1. The molecule has 2 heterocycles. The summed E-state index contributed by atoms with van der Waals surface area (Å²) >= 11 is 1.75. The minimum Gasteiger partial charge on any atom is -0.310 e. The highest BCUT2D eigenvalue weighted by Gasteiger charge is 2.16. The molecule has 0 spiro atoms. The first-order valence-corrected chi connectivity index (χ1v) is 6.92. The van der Waals surface area contributed by atoms with Gasteiger partial charge in [-0.3, -0.25) is 0 Å². The van der Waals surface area contributed by atoms with Gasteiger partial charge in [0.05, 0.1) is 0 Å². The first-order chi connectivity index (χ1) is 7.74. The van der Waals surface area contributed by atoms with Crippen molar-refractivity contribution in [3.05, 3.63) is 16.1 Å². The van der Waals surface area contributed by atoms with Gasteiger partial charge >= 0.3 is 0 Å². The van der Waals surface area contributed by atoms with Crippen LogP contribution in [0.5, 0.6) is 0 Å². The van der Waals surface area contributed by atoms with Crippen molar-refractivity contribution >= 4 is 11.3 Å². The fraction of sp³-hybridized carbons (Fsp3) is 0.750. The summed E-state index contributed by atoms with van der Waals surface area (Å²) in [5, 5.41) is 6.85. The van der Waals surface area contributed by atoms with Gasteiger partial charge in [-0.05, 0) is 45.8 Å². The van der Waals surface area contributed by atoms with Crippen molar-refractivity contribution < 1.29 is 0 Å². The van der Waals surface area contributed by atoms with Gasteiger partial charge in [-0.25, -0.2) is 4.98 Å². The first-order valence-electron chi connectivity index (χ1n) is 6.04. The minimum atomic E-state index is 0.819. The predicted molar refractivity (Wildman–Crippen MR) is 68.8 cm³/mol. The lowest BCUT2D eigenvalue weighted by molar-refractivity contribution is 0.206. The molecule has 2 rings (SSSR count). The zero-order valence-corrected chi connectivity index (χ0v) is 11.0. The van der Waals surface area contributed by atoms with Gasteiger partial charge in [-0.1, -0.05) is 0 Å². The number of aryl methyl sites for hydroxylation is 1. The normalized spacial score (nSPS) is 22.5. The standard InChI is InChI=1S/C12H21N3S/c1-10-9-16-12(14-10)7-13-6-11-4-3-5-15(2)8-11/h9,11,13H,3-8H2,1-2H3. The van der Waals surface area contributed by atoms with Crippen LogP contribution in [0.4, 0.5) is 0 Å². The fourth-order valence-electron chi connectivity index (χ4n) is 2.31. The predicted octanol–water partition coefficient (Wildman–Crippen LogP) is 1.88. The summed E-state index contributed by atoms with van der Waals surface area (Å²) in [7, 11) is 2.22. The second-order valence-electron chi connectivity index (χ2n) is 4.78. The van der Waals surface area contributed by atoms with Crippen molar-refractivity contribution in [2.75, 3.05) is 26.7 Å². The van der Waals surface area contributed by atoms with Gasteiger partial charge in [-0.15, -0.1) is 11.3 Å². The minimum absolute atomic E-state index is 0.819. The number of rotatable bonds is 4. The molecule has 1 aliphatic heterocycles. The molecule has 1 atom stereocenters. The highest BCUT2D eigenvalue weighted by molar-refractivity contribution is 7.09. The van der Waals surface area contributed by atoms with E-state index in [2.05, 4.69) is 34.6 Å². The van der Waals surface area contributed by atoms with Crippen LogP contribution in [0.3, 0.4) is 0 Å². The van der Waals surface area contributed by atoms with Gasteiger partial charge in [-0.2, -0.15) is 0 Å². The van der Waals surface area contributed by atoms with E-state index in [1.165, 1.54) is 30.9 Å². The van der Waals surface area contributed by atoms with Crippen molar-refractivity contribution in [3.63, 3.8) is 0 Å². The Morgan fingerprint density at radius 3 is 3.19 bits per heavy atom. The maximum absolute atomic E-state index is 4.45. The second-order valence-corrected chi connectivity index (χ2v) is 5.73. The first kappa shape index (κ1) is 12.0. The molecule has 0 aliphatic carbocycles. The molecule has 3 nitrogen and oxygen atoms in total. The van der Waals surface area contributed by atoms with Crippen LogP contribution in [0.2, 0.25) is 0 Å². The molecule has 90 valence electrons. The third kappa shape index (κ3) is 3.54. The van der Waals surface area contributed by atoms with Crippen LogP contribution in [0.1, 0.15) is 23.5 Å². The second kappa shape index (κ2) is 5.75. The lowest BCUT2D eigenvalue weighted by Gasteiger charge is -2.29. The summed E-state index contributed by atoms with van der Waals surface area (Å²) in [6, 6.07) is 0. The lowest BCUT2D eigenvalue weighted by Crippen LogP contribution is -2.37. The third-order valence-electron chi connectivity index (χ3n) is 3.10. The summed E-state index contributed by atoms with van der Waals surface area (Å²) in [5.74, 6) is 0.819. The Kier molecular flexibility index (Phi) is 4.32. The zero-order chi connectivity index (χ0) is 11.4. The Morgan fingerprint density at radius 1 is 1.62 bits per heavy atom. The Balaban J connectivity index is 1.67. The average Bonchev–Trinajstić information content (AvgIpc) is 2.64. The molecule has 1 fully saturated rings. The Hall–Kier alpha value is -0.450. The van der Waals surface area contributed by atoms with Crippen molar-refractivity contribution in [1.29, 1.82) is 0 Å².